The lowest BCUT2D eigenvalue weighted by molar-refractivity contribution is -0.0551. The SMILES string of the molecule is [CH2]CCCCCCCCCCCCCOC1CC2CC([O])C1C2. The number of hydrogen-bond donors (Lipinski definition) is 0. The Hall–Kier alpha value is -0.0800. The van der Waals surface area contributed by atoms with E-state index < -0.39 is 0 Å². The first-order valence-corrected chi connectivity index (χ1v) is 10.4. The van der Waals surface area contributed by atoms with Crippen molar-refractivity contribution in [2.24, 2.45) is 11.8 Å². The highest BCUT2D eigenvalue weighted by molar-refractivity contribution is 4.96. The van der Waals surface area contributed by atoms with E-state index in [1.54, 1.807) is 0 Å². The number of fused-ring (bicyclic) bond motifs is 2. The van der Waals surface area contributed by atoms with Crippen molar-refractivity contribution in [1.29, 1.82) is 0 Å². The summed E-state index contributed by atoms with van der Waals surface area (Å²) in [4.78, 5) is 0. The third-order valence-electron chi connectivity index (χ3n) is 5.92. The first-order chi connectivity index (χ1) is 11.3. The molecule has 2 nitrogen and oxygen atoms in total. The van der Waals surface area contributed by atoms with Crippen molar-refractivity contribution in [3.63, 3.8) is 0 Å². The molecular formula is C21H38O2. The molecule has 4 atom stereocenters. The minimum Gasteiger partial charge on any atom is -0.378 e. The second-order valence-corrected chi connectivity index (χ2v) is 7.93. The molecular weight excluding hydrogens is 284 g/mol. The summed E-state index contributed by atoms with van der Waals surface area (Å²) in [7, 11) is 0. The molecule has 2 aliphatic rings. The summed E-state index contributed by atoms with van der Waals surface area (Å²) in [5.41, 5.74) is 0. The summed E-state index contributed by atoms with van der Waals surface area (Å²) >= 11 is 0. The molecule has 0 heterocycles. The molecule has 2 radical (unpaired) electrons. The monoisotopic (exact) mass is 322 g/mol. The Morgan fingerprint density at radius 3 is 1.83 bits per heavy atom. The lowest BCUT2D eigenvalue weighted by Crippen LogP contribution is -2.30. The molecule has 2 fully saturated rings. The molecule has 0 aromatic heterocycles. The van der Waals surface area contributed by atoms with Crippen LogP contribution in [0.2, 0.25) is 0 Å². The predicted molar refractivity (Wildman–Crippen MR) is 95.8 cm³/mol. The maximum Gasteiger partial charge on any atom is 0.0985 e. The molecule has 0 N–H and O–H groups in total. The Labute approximate surface area is 144 Å². The van der Waals surface area contributed by atoms with Crippen molar-refractivity contribution in [1.82, 2.24) is 0 Å². The second-order valence-electron chi connectivity index (χ2n) is 7.93. The third kappa shape index (κ3) is 7.13. The third-order valence-corrected chi connectivity index (χ3v) is 5.92. The van der Waals surface area contributed by atoms with Gasteiger partial charge in [0.1, 0.15) is 0 Å². The van der Waals surface area contributed by atoms with Crippen molar-refractivity contribution in [2.45, 2.75) is 109 Å². The zero-order chi connectivity index (χ0) is 16.3. The van der Waals surface area contributed by atoms with Gasteiger partial charge in [-0.1, -0.05) is 77.6 Å². The minimum absolute atomic E-state index is 0.305. The van der Waals surface area contributed by atoms with Crippen molar-refractivity contribution in [2.75, 3.05) is 6.61 Å². The Kier molecular flexibility index (Phi) is 9.60. The highest BCUT2D eigenvalue weighted by Gasteiger charge is 2.46. The normalized spacial score (nSPS) is 29.5. The molecule has 0 spiro atoms. The largest absolute Gasteiger partial charge is 0.378 e. The van der Waals surface area contributed by atoms with E-state index in [9.17, 15) is 5.11 Å². The average molecular weight is 323 g/mol. The summed E-state index contributed by atoms with van der Waals surface area (Å²) < 4.78 is 5.99. The van der Waals surface area contributed by atoms with Crippen LogP contribution in [0.4, 0.5) is 0 Å². The quantitative estimate of drug-likeness (QED) is 0.354. The van der Waals surface area contributed by atoms with Crippen LogP contribution in [0.15, 0.2) is 0 Å². The van der Waals surface area contributed by atoms with Crippen molar-refractivity contribution in [3.05, 3.63) is 6.92 Å². The summed E-state index contributed by atoms with van der Waals surface area (Å²) in [6.07, 6.45) is 19.3. The molecule has 23 heavy (non-hydrogen) atoms. The van der Waals surface area contributed by atoms with Crippen molar-refractivity contribution >= 4 is 0 Å². The lowest BCUT2D eigenvalue weighted by Gasteiger charge is -2.25. The van der Waals surface area contributed by atoms with E-state index in [-0.39, 0.29) is 6.10 Å². The zero-order valence-electron chi connectivity index (χ0n) is 15.1. The molecule has 2 saturated carbocycles. The fourth-order valence-electron chi connectivity index (χ4n) is 4.52. The maximum atomic E-state index is 11.8. The van der Waals surface area contributed by atoms with E-state index in [1.807, 2.05) is 0 Å². The van der Waals surface area contributed by atoms with Crippen molar-refractivity contribution in [3.8, 4) is 0 Å². The Bertz CT molecular complexity index is 292. The highest BCUT2D eigenvalue weighted by atomic mass is 16.5. The van der Waals surface area contributed by atoms with E-state index in [0.717, 1.165) is 32.3 Å². The van der Waals surface area contributed by atoms with Crippen LogP contribution in [0.5, 0.6) is 0 Å². The van der Waals surface area contributed by atoms with Gasteiger partial charge in [-0.05, 0) is 31.6 Å². The Morgan fingerprint density at radius 1 is 0.739 bits per heavy atom. The van der Waals surface area contributed by atoms with Gasteiger partial charge in [0.25, 0.3) is 0 Å². The molecule has 2 aliphatic carbocycles. The average Bonchev–Trinajstić information content (AvgIpc) is 3.10. The Balaban J connectivity index is 1.30. The van der Waals surface area contributed by atoms with E-state index in [1.165, 1.54) is 70.6 Å². The smallest absolute Gasteiger partial charge is 0.0985 e. The van der Waals surface area contributed by atoms with Gasteiger partial charge in [-0.15, -0.1) is 0 Å². The van der Waals surface area contributed by atoms with E-state index in [4.69, 9.17) is 4.74 Å². The van der Waals surface area contributed by atoms with Gasteiger partial charge in [-0.3, -0.25) is 0 Å². The van der Waals surface area contributed by atoms with Crippen LogP contribution in [-0.4, -0.2) is 18.8 Å². The molecule has 0 aliphatic heterocycles. The van der Waals surface area contributed by atoms with E-state index in [2.05, 4.69) is 6.92 Å². The molecule has 0 aromatic rings. The van der Waals surface area contributed by atoms with Crippen LogP contribution in [0.25, 0.3) is 0 Å². The summed E-state index contributed by atoms with van der Waals surface area (Å²) in [5.74, 6) is 1.03. The number of rotatable bonds is 14. The van der Waals surface area contributed by atoms with Crippen LogP contribution in [0, 0.1) is 18.8 Å². The molecule has 2 rings (SSSR count). The van der Waals surface area contributed by atoms with Gasteiger partial charge in [0.05, 0.1) is 12.2 Å². The first kappa shape index (κ1) is 19.2. The predicted octanol–water partition coefficient (Wildman–Crippen LogP) is 6.12. The fourth-order valence-corrected chi connectivity index (χ4v) is 4.52. The van der Waals surface area contributed by atoms with Gasteiger partial charge in [-0.2, -0.15) is 0 Å². The van der Waals surface area contributed by atoms with Crippen LogP contribution >= 0.6 is 0 Å². The number of unbranched alkanes of at least 4 members (excludes halogenated alkanes) is 11. The van der Waals surface area contributed by atoms with Gasteiger partial charge < -0.3 is 4.74 Å². The van der Waals surface area contributed by atoms with Gasteiger partial charge in [0, 0.05) is 12.5 Å². The summed E-state index contributed by atoms with van der Waals surface area (Å²) in [5, 5.41) is 11.8. The van der Waals surface area contributed by atoms with Crippen LogP contribution in [0.1, 0.15) is 96.3 Å². The van der Waals surface area contributed by atoms with Crippen LogP contribution in [0.3, 0.4) is 0 Å². The van der Waals surface area contributed by atoms with E-state index in [0.29, 0.717) is 17.9 Å². The maximum absolute atomic E-state index is 11.8. The lowest BCUT2D eigenvalue weighted by atomic mass is 9.95. The van der Waals surface area contributed by atoms with Gasteiger partial charge in [-0.25, -0.2) is 5.11 Å². The van der Waals surface area contributed by atoms with Gasteiger partial charge in [0.2, 0.25) is 0 Å². The molecule has 0 aromatic carbocycles. The van der Waals surface area contributed by atoms with Gasteiger partial charge >= 0.3 is 0 Å². The zero-order valence-corrected chi connectivity index (χ0v) is 15.1. The second kappa shape index (κ2) is 11.5. The molecule has 0 saturated heterocycles. The molecule has 4 unspecified atom stereocenters. The van der Waals surface area contributed by atoms with Crippen molar-refractivity contribution < 1.29 is 9.84 Å². The van der Waals surface area contributed by atoms with Crippen LogP contribution < -0.4 is 0 Å². The number of hydrogen-bond acceptors (Lipinski definition) is 1. The molecule has 134 valence electrons. The molecule has 2 heteroatoms. The first-order valence-electron chi connectivity index (χ1n) is 10.4. The fraction of sp³-hybridized carbons (Fsp3) is 0.952. The van der Waals surface area contributed by atoms with E-state index >= 15 is 0 Å². The molecule has 2 bridgehead atoms. The summed E-state index contributed by atoms with van der Waals surface area (Å²) in [6, 6.07) is 0. The molecule has 0 amide bonds. The number of ether oxygens (including phenoxy) is 1. The topological polar surface area (TPSA) is 29.1 Å². The standard InChI is InChI=1S/C21H38O2/c1-2-3-4-5-6-7-8-9-10-11-12-13-14-23-21-17-18-15-19(21)20(22)16-18/h18-21H,1-17H2. The van der Waals surface area contributed by atoms with Crippen LogP contribution in [-0.2, 0) is 9.84 Å². The highest BCUT2D eigenvalue weighted by Crippen LogP contribution is 2.46. The van der Waals surface area contributed by atoms with Gasteiger partial charge in [0.15, 0.2) is 0 Å². The minimum atomic E-state index is -0.322. The summed E-state index contributed by atoms with van der Waals surface area (Å²) in [6.45, 7) is 4.77. The Morgan fingerprint density at radius 2 is 1.30 bits per heavy atom.